The zero-order valence-corrected chi connectivity index (χ0v) is 10.7. The summed E-state index contributed by atoms with van der Waals surface area (Å²) in [5, 5.41) is 3.15. The molecule has 0 heterocycles. The first-order chi connectivity index (χ1) is 7.45. The van der Waals surface area contributed by atoms with Gasteiger partial charge >= 0.3 is 0 Å². The van der Waals surface area contributed by atoms with Crippen molar-refractivity contribution < 1.29 is 9.59 Å². The van der Waals surface area contributed by atoms with Gasteiger partial charge < -0.3 is 15.1 Å². The lowest BCUT2D eigenvalue weighted by Crippen LogP contribution is -2.28. The maximum atomic E-state index is 11.2. The van der Waals surface area contributed by atoms with Crippen LogP contribution in [0.2, 0.25) is 0 Å². The quantitative estimate of drug-likeness (QED) is 0.621. The van der Waals surface area contributed by atoms with Crippen molar-refractivity contribution in [3.63, 3.8) is 0 Å². The van der Waals surface area contributed by atoms with Crippen molar-refractivity contribution in [2.24, 2.45) is 0 Å². The van der Waals surface area contributed by atoms with Gasteiger partial charge in [-0.05, 0) is 13.0 Å². The summed E-state index contributed by atoms with van der Waals surface area (Å²) in [7, 11) is 7.01. The lowest BCUT2D eigenvalue weighted by atomic mass is 10.3. The molecule has 16 heavy (non-hydrogen) atoms. The number of carbonyl (C=O) groups is 2. The van der Waals surface area contributed by atoms with Gasteiger partial charge in [-0.25, -0.2) is 0 Å². The lowest BCUT2D eigenvalue weighted by Gasteiger charge is -2.11. The van der Waals surface area contributed by atoms with Crippen molar-refractivity contribution >= 4 is 11.8 Å². The Morgan fingerprint density at radius 3 is 1.88 bits per heavy atom. The van der Waals surface area contributed by atoms with E-state index in [-0.39, 0.29) is 11.8 Å². The fraction of sp³-hybridized carbons (Fsp3) is 0.818. The molecule has 94 valence electrons. The van der Waals surface area contributed by atoms with E-state index in [4.69, 9.17) is 0 Å². The second kappa shape index (κ2) is 8.10. The van der Waals surface area contributed by atoms with Crippen molar-refractivity contribution in [3.8, 4) is 0 Å². The average molecular weight is 229 g/mol. The molecule has 0 bridgehead atoms. The SMILES string of the molecule is CN(C)C(=O)CCCNCCC(=O)N(C)C. The molecule has 0 aliphatic carbocycles. The van der Waals surface area contributed by atoms with Crippen molar-refractivity contribution in [2.75, 3.05) is 41.3 Å². The summed E-state index contributed by atoms with van der Waals surface area (Å²) in [4.78, 5) is 25.6. The normalized spacial score (nSPS) is 10.0. The van der Waals surface area contributed by atoms with E-state index in [2.05, 4.69) is 5.32 Å². The molecule has 0 fully saturated rings. The van der Waals surface area contributed by atoms with Crippen molar-refractivity contribution in [1.29, 1.82) is 0 Å². The summed E-state index contributed by atoms with van der Waals surface area (Å²) in [6.07, 6.45) is 1.88. The van der Waals surface area contributed by atoms with Crippen LogP contribution >= 0.6 is 0 Å². The van der Waals surface area contributed by atoms with Crippen LogP contribution in [0.5, 0.6) is 0 Å². The minimum Gasteiger partial charge on any atom is -0.349 e. The summed E-state index contributed by atoms with van der Waals surface area (Å²) in [5.74, 6) is 0.267. The maximum Gasteiger partial charge on any atom is 0.223 e. The molecular formula is C11H23N3O2. The molecule has 0 aromatic heterocycles. The van der Waals surface area contributed by atoms with Crippen LogP contribution in [0.4, 0.5) is 0 Å². The highest BCUT2D eigenvalue weighted by Gasteiger charge is 2.04. The first-order valence-corrected chi connectivity index (χ1v) is 5.56. The minimum absolute atomic E-state index is 0.122. The smallest absolute Gasteiger partial charge is 0.223 e. The zero-order chi connectivity index (χ0) is 12.6. The van der Waals surface area contributed by atoms with Crippen LogP contribution in [-0.4, -0.2) is 62.9 Å². The number of nitrogens with one attached hydrogen (secondary N) is 1. The molecule has 0 radical (unpaired) electrons. The Morgan fingerprint density at radius 1 is 0.875 bits per heavy atom. The number of hydrogen-bond acceptors (Lipinski definition) is 3. The maximum absolute atomic E-state index is 11.2. The van der Waals surface area contributed by atoms with E-state index < -0.39 is 0 Å². The highest BCUT2D eigenvalue weighted by molar-refractivity contribution is 5.76. The summed E-state index contributed by atoms with van der Waals surface area (Å²) < 4.78 is 0. The average Bonchev–Trinajstić information content (AvgIpc) is 2.21. The second-order valence-electron chi connectivity index (χ2n) is 4.18. The van der Waals surface area contributed by atoms with E-state index in [1.54, 1.807) is 38.0 Å². The standard InChI is InChI=1S/C11H23N3O2/c1-13(2)10(15)6-5-8-12-9-7-11(16)14(3)4/h12H,5-9H2,1-4H3. The van der Waals surface area contributed by atoms with Crippen LogP contribution in [0.1, 0.15) is 19.3 Å². The van der Waals surface area contributed by atoms with Crippen molar-refractivity contribution in [2.45, 2.75) is 19.3 Å². The Bertz CT molecular complexity index is 203. The molecule has 0 rings (SSSR count). The van der Waals surface area contributed by atoms with Crippen LogP contribution in [0, 0.1) is 0 Å². The molecular weight excluding hydrogens is 206 g/mol. The van der Waals surface area contributed by atoms with Crippen LogP contribution in [-0.2, 0) is 9.59 Å². The van der Waals surface area contributed by atoms with E-state index in [0.29, 0.717) is 19.4 Å². The Hall–Kier alpha value is -1.10. The van der Waals surface area contributed by atoms with E-state index >= 15 is 0 Å². The third-order valence-electron chi connectivity index (χ3n) is 2.26. The molecule has 0 aliphatic rings. The molecule has 0 aromatic rings. The third-order valence-corrected chi connectivity index (χ3v) is 2.26. The summed E-state index contributed by atoms with van der Waals surface area (Å²) in [6, 6.07) is 0. The summed E-state index contributed by atoms with van der Waals surface area (Å²) >= 11 is 0. The van der Waals surface area contributed by atoms with Gasteiger partial charge in [-0.2, -0.15) is 0 Å². The van der Waals surface area contributed by atoms with Gasteiger partial charge in [0.25, 0.3) is 0 Å². The van der Waals surface area contributed by atoms with Gasteiger partial charge in [-0.15, -0.1) is 0 Å². The van der Waals surface area contributed by atoms with Crippen molar-refractivity contribution in [1.82, 2.24) is 15.1 Å². The van der Waals surface area contributed by atoms with Gasteiger partial charge in [0.15, 0.2) is 0 Å². The Morgan fingerprint density at radius 2 is 1.38 bits per heavy atom. The predicted molar refractivity (Wildman–Crippen MR) is 64.1 cm³/mol. The van der Waals surface area contributed by atoms with Crippen LogP contribution in [0.15, 0.2) is 0 Å². The molecule has 0 aromatic carbocycles. The molecule has 5 heteroatoms. The first-order valence-electron chi connectivity index (χ1n) is 5.56. The Kier molecular flexibility index (Phi) is 7.54. The van der Waals surface area contributed by atoms with Gasteiger partial charge in [0.1, 0.15) is 0 Å². The van der Waals surface area contributed by atoms with Gasteiger partial charge in [0.05, 0.1) is 0 Å². The predicted octanol–water partition coefficient (Wildman–Crippen LogP) is -0.0773. The van der Waals surface area contributed by atoms with E-state index in [1.165, 1.54) is 0 Å². The monoisotopic (exact) mass is 229 g/mol. The fourth-order valence-corrected chi connectivity index (χ4v) is 1.13. The van der Waals surface area contributed by atoms with E-state index in [1.807, 2.05) is 0 Å². The molecule has 5 nitrogen and oxygen atoms in total. The number of carbonyl (C=O) groups excluding carboxylic acids is 2. The highest BCUT2D eigenvalue weighted by Crippen LogP contribution is 1.92. The van der Waals surface area contributed by atoms with Gasteiger partial charge in [-0.3, -0.25) is 9.59 Å². The Balaban J connectivity index is 3.35. The molecule has 2 amide bonds. The van der Waals surface area contributed by atoms with E-state index in [0.717, 1.165) is 13.0 Å². The van der Waals surface area contributed by atoms with Gasteiger partial charge in [-0.1, -0.05) is 0 Å². The number of hydrogen-bond donors (Lipinski definition) is 1. The molecule has 0 spiro atoms. The van der Waals surface area contributed by atoms with Crippen LogP contribution in [0.25, 0.3) is 0 Å². The highest BCUT2D eigenvalue weighted by atomic mass is 16.2. The second-order valence-corrected chi connectivity index (χ2v) is 4.18. The fourth-order valence-electron chi connectivity index (χ4n) is 1.13. The lowest BCUT2D eigenvalue weighted by molar-refractivity contribution is -0.129. The number of rotatable bonds is 7. The molecule has 0 unspecified atom stereocenters. The molecule has 1 N–H and O–H groups in total. The third kappa shape index (κ3) is 7.23. The van der Waals surface area contributed by atoms with Gasteiger partial charge in [0, 0.05) is 47.6 Å². The van der Waals surface area contributed by atoms with Gasteiger partial charge in [0.2, 0.25) is 11.8 Å². The van der Waals surface area contributed by atoms with Crippen LogP contribution < -0.4 is 5.32 Å². The topological polar surface area (TPSA) is 52.7 Å². The zero-order valence-electron chi connectivity index (χ0n) is 10.7. The Labute approximate surface area is 97.8 Å². The summed E-state index contributed by atoms with van der Waals surface area (Å²) in [6.45, 7) is 1.45. The first kappa shape index (κ1) is 14.9. The minimum atomic E-state index is 0.122. The number of amides is 2. The number of nitrogens with zero attached hydrogens (tertiary/aromatic N) is 2. The summed E-state index contributed by atoms with van der Waals surface area (Å²) in [5.41, 5.74) is 0. The molecule has 0 saturated carbocycles. The van der Waals surface area contributed by atoms with E-state index in [9.17, 15) is 9.59 Å². The molecule has 0 aliphatic heterocycles. The molecule has 0 atom stereocenters. The van der Waals surface area contributed by atoms with Crippen molar-refractivity contribution in [3.05, 3.63) is 0 Å². The molecule has 0 saturated heterocycles. The largest absolute Gasteiger partial charge is 0.349 e. The van der Waals surface area contributed by atoms with Crippen LogP contribution in [0.3, 0.4) is 0 Å².